The molecule has 5 amide bonds. The van der Waals surface area contributed by atoms with Crippen molar-refractivity contribution in [2.45, 2.75) is 51.6 Å². The Hall–Kier alpha value is -5.45. The molecule has 0 aliphatic carbocycles. The average molecular weight is 758 g/mol. The molecule has 16 heteroatoms. The van der Waals surface area contributed by atoms with E-state index in [4.69, 9.17) is 15.2 Å². The van der Waals surface area contributed by atoms with Crippen LogP contribution in [0.5, 0.6) is 11.5 Å². The number of rotatable bonds is 13. The molecule has 4 aromatic rings. The monoisotopic (exact) mass is 757 g/mol. The zero-order valence-corrected chi connectivity index (χ0v) is 32.0. The number of thiazole rings is 1. The maximum Gasteiger partial charge on any atom is 0.412 e. The molecule has 0 radical (unpaired) electrons. The van der Waals surface area contributed by atoms with Crippen molar-refractivity contribution in [3.05, 3.63) is 83.4 Å². The van der Waals surface area contributed by atoms with E-state index in [0.29, 0.717) is 29.7 Å². The number of fused-ring (bicyclic) bond motifs is 2. The molecule has 15 nitrogen and oxygen atoms in total. The second-order valence-corrected chi connectivity index (χ2v) is 14.9. The van der Waals surface area contributed by atoms with Gasteiger partial charge in [-0.1, -0.05) is 47.7 Å². The van der Waals surface area contributed by atoms with Gasteiger partial charge in [0.05, 0.1) is 30.4 Å². The van der Waals surface area contributed by atoms with Gasteiger partial charge in [0.15, 0.2) is 5.13 Å². The molecular formula is C38H47N9O6S. The minimum absolute atomic E-state index is 0.0790. The average Bonchev–Trinajstić information content (AvgIpc) is 3.68. The standard InChI is InChI=1S/C38H47N9O6S/c1-24(2)47(37(50)41-20-26-11-13-28(52-5)14-12-26)45-23-33(48)46-30(19-25-9-15-29(16-10-25)53-38(51)40-17-18-43(3)4)35(49)44(22-32(45)46)21-27-7-6-8-31-34(27)42-36(39)54-31/h6-16,24,30,32H,17-23H2,1-5H3,(H2,39,42)(H,40,51)(H,41,50)/t30-,32+/m0/s1. The van der Waals surface area contributed by atoms with Crippen LogP contribution in [0.25, 0.3) is 10.2 Å². The largest absolute Gasteiger partial charge is 0.497 e. The van der Waals surface area contributed by atoms with Gasteiger partial charge < -0.3 is 40.5 Å². The molecule has 2 atom stereocenters. The molecule has 3 aromatic carbocycles. The first-order valence-corrected chi connectivity index (χ1v) is 18.6. The summed E-state index contributed by atoms with van der Waals surface area (Å²) in [6.45, 7) is 5.49. The number of aromatic nitrogens is 1. The quantitative estimate of drug-likeness (QED) is 0.184. The van der Waals surface area contributed by atoms with E-state index in [2.05, 4.69) is 15.6 Å². The van der Waals surface area contributed by atoms with Crippen molar-refractivity contribution in [2.24, 2.45) is 0 Å². The van der Waals surface area contributed by atoms with Gasteiger partial charge in [0.2, 0.25) is 11.8 Å². The molecule has 0 spiro atoms. The Morgan fingerprint density at radius 3 is 2.39 bits per heavy atom. The molecule has 0 unspecified atom stereocenters. The van der Waals surface area contributed by atoms with Crippen LogP contribution < -0.4 is 25.8 Å². The number of hydrogen-bond acceptors (Lipinski definition) is 11. The highest BCUT2D eigenvalue weighted by Crippen LogP contribution is 2.33. The highest BCUT2D eigenvalue weighted by atomic mass is 32.1. The number of nitrogen functional groups attached to an aromatic ring is 1. The third kappa shape index (κ3) is 8.67. The summed E-state index contributed by atoms with van der Waals surface area (Å²) in [6.07, 6.45) is -0.977. The first kappa shape index (κ1) is 38.3. The van der Waals surface area contributed by atoms with E-state index in [1.165, 1.54) is 11.3 Å². The predicted molar refractivity (Wildman–Crippen MR) is 206 cm³/mol. The minimum atomic E-state index is -0.863. The van der Waals surface area contributed by atoms with Gasteiger partial charge in [-0.3, -0.25) is 14.6 Å². The summed E-state index contributed by atoms with van der Waals surface area (Å²) in [5, 5.41) is 9.51. The molecule has 3 heterocycles. The van der Waals surface area contributed by atoms with E-state index in [-0.39, 0.29) is 56.5 Å². The number of hydrazine groups is 1. The summed E-state index contributed by atoms with van der Waals surface area (Å²) in [5.41, 5.74) is 9.28. The zero-order valence-electron chi connectivity index (χ0n) is 31.2. The van der Waals surface area contributed by atoms with E-state index in [0.717, 1.165) is 26.9 Å². The van der Waals surface area contributed by atoms with Gasteiger partial charge in [-0.25, -0.2) is 14.6 Å². The Labute approximate surface area is 318 Å². The minimum Gasteiger partial charge on any atom is -0.497 e. The summed E-state index contributed by atoms with van der Waals surface area (Å²) in [6, 6.07) is 18.6. The molecule has 6 rings (SSSR count). The van der Waals surface area contributed by atoms with E-state index in [1.54, 1.807) is 51.2 Å². The Balaban J connectivity index is 1.25. The number of urea groups is 1. The molecule has 4 N–H and O–H groups in total. The Morgan fingerprint density at radius 2 is 1.70 bits per heavy atom. The molecule has 1 aromatic heterocycles. The zero-order chi connectivity index (χ0) is 38.5. The van der Waals surface area contributed by atoms with E-state index in [9.17, 15) is 19.2 Å². The van der Waals surface area contributed by atoms with Crippen LogP contribution in [0.15, 0.2) is 66.7 Å². The summed E-state index contributed by atoms with van der Waals surface area (Å²) in [5.74, 6) is 0.591. The fraction of sp³-hybridized carbons (Fsp3) is 0.395. The second-order valence-electron chi connectivity index (χ2n) is 13.8. The summed E-state index contributed by atoms with van der Waals surface area (Å²) in [7, 11) is 5.43. The number of hydrogen-bond donors (Lipinski definition) is 3. The van der Waals surface area contributed by atoms with E-state index >= 15 is 0 Å². The van der Waals surface area contributed by atoms with E-state index in [1.807, 2.05) is 75.3 Å². The molecule has 2 aliphatic heterocycles. The number of nitrogens with two attached hydrogens (primary N) is 1. The number of carbonyl (C=O) groups excluding carboxylic acids is 4. The number of methoxy groups -OCH3 is 1. The number of piperazine rings is 1. The van der Waals surface area contributed by atoms with E-state index < -0.39 is 18.3 Å². The molecule has 286 valence electrons. The summed E-state index contributed by atoms with van der Waals surface area (Å²) < 4.78 is 11.6. The van der Waals surface area contributed by atoms with Crippen LogP contribution in [0.3, 0.4) is 0 Å². The molecule has 0 bridgehead atoms. The third-order valence-corrected chi connectivity index (χ3v) is 10.3. The fourth-order valence-electron chi connectivity index (χ4n) is 6.81. The van der Waals surface area contributed by atoms with Gasteiger partial charge in [0, 0.05) is 38.6 Å². The van der Waals surface area contributed by atoms with Gasteiger partial charge in [0.1, 0.15) is 23.7 Å². The maximum absolute atomic E-state index is 14.5. The summed E-state index contributed by atoms with van der Waals surface area (Å²) in [4.78, 5) is 64.4. The predicted octanol–water partition coefficient (Wildman–Crippen LogP) is 3.50. The van der Waals surface area contributed by atoms with Crippen molar-refractivity contribution < 1.29 is 28.7 Å². The number of amides is 5. The Morgan fingerprint density at radius 1 is 1.00 bits per heavy atom. The van der Waals surface area contributed by atoms with Crippen molar-refractivity contribution in [2.75, 3.05) is 53.1 Å². The van der Waals surface area contributed by atoms with Gasteiger partial charge in [-0.05, 0) is 75.0 Å². The van der Waals surface area contributed by atoms with Crippen molar-refractivity contribution in [3.8, 4) is 11.5 Å². The van der Waals surface area contributed by atoms with Crippen molar-refractivity contribution in [1.82, 2.24) is 40.3 Å². The number of ether oxygens (including phenoxy) is 2. The van der Waals surface area contributed by atoms with Gasteiger partial charge in [-0.2, -0.15) is 5.01 Å². The maximum atomic E-state index is 14.5. The molecule has 54 heavy (non-hydrogen) atoms. The highest BCUT2D eigenvalue weighted by molar-refractivity contribution is 7.22. The van der Waals surface area contributed by atoms with Crippen LogP contribution in [0.2, 0.25) is 0 Å². The summed E-state index contributed by atoms with van der Waals surface area (Å²) >= 11 is 1.38. The van der Waals surface area contributed by atoms with Gasteiger partial charge in [-0.15, -0.1) is 0 Å². The molecule has 2 fully saturated rings. The molecule has 0 saturated carbocycles. The molecule has 2 saturated heterocycles. The van der Waals surface area contributed by atoms with Crippen LogP contribution in [0, 0.1) is 0 Å². The van der Waals surface area contributed by atoms with Crippen molar-refractivity contribution in [1.29, 1.82) is 0 Å². The van der Waals surface area contributed by atoms with Crippen LogP contribution >= 0.6 is 11.3 Å². The number of carbonyl (C=O) groups is 4. The van der Waals surface area contributed by atoms with Gasteiger partial charge in [0.25, 0.3) is 0 Å². The van der Waals surface area contributed by atoms with Gasteiger partial charge >= 0.3 is 12.1 Å². The van der Waals surface area contributed by atoms with Crippen molar-refractivity contribution >= 4 is 50.6 Å². The lowest BCUT2D eigenvalue weighted by Gasteiger charge is -2.47. The van der Waals surface area contributed by atoms with Crippen LogP contribution in [0.4, 0.5) is 14.7 Å². The first-order chi connectivity index (χ1) is 25.9. The topological polar surface area (TPSA) is 166 Å². The second kappa shape index (κ2) is 16.7. The first-order valence-electron chi connectivity index (χ1n) is 17.8. The van der Waals surface area contributed by atoms with Crippen molar-refractivity contribution in [3.63, 3.8) is 0 Å². The number of likely N-dealkylation sites (N-methyl/N-ethyl adjacent to an activating group) is 1. The number of nitrogens with zero attached hydrogens (tertiary/aromatic N) is 6. The lowest BCUT2D eigenvalue weighted by atomic mass is 9.99. The SMILES string of the molecule is COc1ccc(CNC(=O)N(C(C)C)N2CC(=O)N3[C@@H](Cc4ccc(OC(=O)NCCN(C)C)cc4)C(=O)N(Cc4cccc5sc(N)nc45)C[C@@H]32)cc1. The van der Waals surface area contributed by atoms with Crippen LogP contribution in [-0.2, 0) is 29.1 Å². The number of para-hydroxylation sites is 1. The Bertz CT molecular complexity index is 1970. The lowest BCUT2D eigenvalue weighted by molar-refractivity contribution is -0.158. The van der Waals surface area contributed by atoms with Crippen LogP contribution in [-0.4, -0.2) is 119 Å². The number of nitrogens with one attached hydrogen (secondary N) is 2. The normalized spacial score (nSPS) is 17.3. The molecular weight excluding hydrogens is 711 g/mol. The Kier molecular flexibility index (Phi) is 11.8. The van der Waals surface area contributed by atoms with Crippen LogP contribution in [0.1, 0.15) is 30.5 Å². The smallest absolute Gasteiger partial charge is 0.412 e. The molecule has 2 aliphatic rings. The fourth-order valence-corrected chi connectivity index (χ4v) is 7.59. The number of benzene rings is 3. The lowest BCUT2D eigenvalue weighted by Crippen LogP contribution is -2.66. The highest BCUT2D eigenvalue weighted by Gasteiger charge is 2.52. The number of anilines is 1. The third-order valence-electron chi connectivity index (χ3n) is 9.41.